The number of halogens is 1. The molecule has 0 saturated carbocycles. The number of fused-ring (bicyclic) bond motifs is 1. The molecule has 0 unspecified atom stereocenters. The van der Waals surface area contributed by atoms with E-state index in [4.69, 9.17) is 4.98 Å². The van der Waals surface area contributed by atoms with Crippen LogP contribution in [0.25, 0.3) is 11.0 Å². The van der Waals surface area contributed by atoms with Crippen molar-refractivity contribution in [3.8, 4) is 0 Å². The largest absolute Gasteiger partial charge is 0.330 e. The molecule has 1 amide bonds. The van der Waals surface area contributed by atoms with Crippen LogP contribution in [-0.4, -0.2) is 25.4 Å². The van der Waals surface area contributed by atoms with Gasteiger partial charge in [-0.2, -0.15) is 0 Å². The Labute approximate surface area is 187 Å². The molecule has 0 saturated heterocycles. The Hall–Kier alpha value is -2.71. The molecule has 0 aliphatic rings. The van der Waals surface area contributed by atoms with Gasteiger partial charge >= 0.3 is 0 Å². The fourth-order valence-electron chi connectivity index (χ4n) is 3.18. The minimum Gasteiger partial charge on any atom is -0.330 e. The summed E-state index contributed by atoms with van der Waals surface area (Å²) in [6.45, 7) is 3.94. The van der Waals surface area contributed by atoms with Crippen molar-refractivity contribution in [2.75, 3.05) is 5.32 Å². The Balaban J connectivity index is 1.53. The number of carbonyl (C=O) groups excluding carboxylic acids is 1. The molecular weight excluding hydrogens is 462 g/mol. The first kappa shape index (κ1) is 20.6. The van der Waals surface area contributed by atoms with E-state index in [0.717, 1.165) is 37.9 Å². The number of amides is 1. The minimum absolute atomic E-state index is 0.158. The number of nitrogens with zero attached hydrogens (tertiary/aromatic N) is 4. The van der Waals surface area contributed by atoms with E-state index in [-0.39, 0.29) is 5.91 Å². The van der Waals surface area contributed by atoms with E-state index < -0.39 is 0 Å². The lowest BCUT2D eigenvalue weighted by Gasteiger charge is -2.06. The summed E-state index contributed by atoms with van der Waals surface area (Å²) in [5.74, 6) is 1.43. The van der Waals surface area contributed by atoms with Crippen LogP contribution in [0.15, 0.2) is 58.2 Å². The van der Waals surface area contributed by atoms with E-state index in [1.54, 1.807) is 23.9 Å². The maximum absolute atomic E-state index is 12.5. The zero-order valence-corrected chi connectivity index (χ0v) is 19.2. The second-order valence-electron chi connectivity index (χ2n) is 6.98. The van der Waals surface area contributed by atoms with Crippen molar-refractivity contribution < 1.29 is 4.79 Å². The van der Waals surface area contributed by atoms with Crippen LogP contribution in [0.2, 0.25) is 0 Å². The van der Waals surface area contributed by atoms with Gasteiger partial charge in [-0.25, -0.2) is 15.0 Å². The summed E-state index contributed by atoms with van der Waals surface area (Å²) in [7, 11) is 1.99. The maximum Gasteiger partial charge on any atom is 0.255 e. The predicted octanol–water partition coefficient (Wildman–Crippen LogP) is 5.29. The molecule has 1 N–H and O–H groups in total. The summed E-state index contributed by atoms with van der Waals surface area (Å²) >= 11 is 4.96. The normalized spacial score (nSPS) is 11.1. The Morgan fingerprint density at radius 3 is 2.57 bits per heavy atom. The van der Waals surface area contributed by atoms with Crippen LogP contribution in [0.3, 0.4) is 0 Å². The van der Waals surface area contributed by atoms with Crippen molar-refractivity contribution in [2.45, 2.75) is 24.8 Å². The van der Waals surface area contributed by atoms with Gasteiger partial charge in [0.05, 0.1) is 16.8 Å². The van der Waals surface area contributed by atoms with Crippen molar-refractivity contribution in [1.29, 1.82) is 0 Å². The molecule has 152 valence electrons. The molecular formula is C22H20BrN5OS. The molecule has 0 fully saturated rings. The Morgan fingerprint density at radius 2 is 1.83 bits per heavy atom. The second kappa shape index (κ2) is 8.57. The average Bonchev–Trinajstić information content (AvgIpc) is 3.01. The number of carbonyl (C=O) groups is 1. The molecule has 0 aliphatic heterocycles. The minimum atomic E-state index is -0.158. The van der Waals surface area contributed by atoms with E-state index in [2.05, 4.69) is 35.8 Å². The number of hydrogen-bond donors (Lipinski definition) is 1. The van der Waals surface area contributed by atoms with Gasteiger partial charge in [0, 0.05) is 34.2 Å². The van der Waals surface area contributed by atoms with E-state index in [0.29, 0.717) is 17.0 Å². The van der Waals surface area contributed by atoms with Crippen molar-refractivity contribution in [3.63, 3.8) is 0 Å². The first-order chi connectivity index (χ1) is 14.4. The molecule has 0 spiro atoms. The number of rotatable bonds is 5. The fourth-order valence-corrected chi connectivity index (χ4v) is 4.51. The smallest absolute Gasteiger partial charge is 0.255 e. The van der Waals surface area contributed by atoms with Crippen LogP contribution in [0, 0.1) is 13.8 Å². The third kappa shape index (κ3) is 4.55. The Kier molecular flexibility index (Phi) is 5.87. The molecule has 2 aromatic heterocycles. The second-order valence-corrected chi connectivity index (χ2v) is 8.84. The molecule has 0 radical (unpaired) electrons. The SMILES string of the molecule is Cc1cc(C)nc(SCc2nc3cc(NC(=O)c4cccc(Br)c4)ccc3n2C)n1. The highest BCUT2D eigenvalue weighted by atomic mass is 79.9. The van der Waals surface area contributed by atoms with Gasteiger partial charge in [0.1, 0.15) is 5.82 Å². The average molecular weight is 482 g/mol. The number of nitrogens with one attached hydrogen (secondary N) is 1. The summed E-state index contributed by atoms with van der Waals surface area (Å²) in [5, 5.41) is 3.69. The third-order valence-corrected chi connectivity index (χ3v) is 5.95. The molecule has 6 nitrogen and oxygen atoms in total. The van der Waals surface area contributed by atoms with E-state index >= 15 is 0 Å². The molecule has 8 heteroatoms. The van der Waals surface area contributed by atoms with E-state index in [9.17, 15) is 4.79 Å². The molecule has 2 aromatic carbocycles. The van der Waals surface area contributed by atoms with E-state index in [1.807, 2.05) is 57.3 Å². The van der Waals surface area contributed by atoms with Gasteiger partial charge in [-0.15, -0.1) is 0 Å². The third-order valence-electron chi connectivity index (χ3n) is 4.61. The molecule has 4 rings (SSSR count). The number of thioether (sulfide) groups is 1. The van der Waals surface area contributed by atoms with Crippen LogP contribution in [0.1, 0.15) is 27.6 Å². The lowest BCUT2D eigenvalue weighted by molar-refractivity contribution is 0.102. The van der Waals surface area contributed by atoms with Gasteiger partial charge in [0.25, 0.3) is 5.91 Å². The first-order valence-electron chi connectivity index (χ1n) is 9.36. The number of anilines is 1. The molecule has 0 aliphatic carbocycles. The summed E-state index contributed by atoms with van der Waals surface area (Å²) in [5.41, 5.74) is 5.06. The Morgan fingerprint density at radius 1 is 1.07 bits per heavy atom. The zero-order chi connectivity index (χ0) is 21.3. The lowest BCUT2D eigenvalue weighted by Crippen LogP contribution is -2.11. The number of imidazole rings is 1. The van der Waals surface area contributed by atoms with Crippen LogP contribution >= 0.6 is 27.7 Å². The molecule has 4 aromatic rings. The molecule has 30 heavy (non-hydrogen) atoms. The van der Waals surface area contributed by atoms with Gasteiger partial charge in [0.15, 0.2) is 5.16 Å². The van der Waals surface area contributed by atoms with Crippen molar-refractivity contribution >= 4 is 50.3 Å². The highest BCUT2D eigenvalue weighted by Gasteiger charge is 2.12. The van der Waals surface area contributed by atoms with Crippen LogP contribution in [0.4, 0.5) is 5.69 Å². The standard InChI is InChI=1S/C22H20BrN5OS/c1-13-9-14(2)25-22(24-13)30-12-20-27-18-11-17(7-8-19(18)28(20)3)26-21(29)15-5-4-6-16(23)10-15/h4-11H,12H2,1-3H3,(H,26,29). The number of benzene rings is 2. The van der Waals surface area contributed by atoms with Gasteiger partial charge < -0.3 is 9.88 Å². The van der Waals surface area contributed by atoms with E-state index in [1.165, 1.54) is 0 Å². The number of hydrogen-bond acceptors (Lipinski definition) is 5. The summed E-state index contributed by atoms with van der Waals surface area (Å²) < 4.78 is 2.93. The van der Waals surface area contributed by atoms with Gasteiger partial charge in [0.2, 0.25) is 0 Å². The van der Waals surface area contributed by atoms with Crippen LogP contribution in [0.5, 0.6) is 0 Å². The summed E-state index contributed by atoms with van der Waals surface area (Å²) in [4.78, 5) is 26.2. The number of aromatic nitrogens is 4. The molecule has 2 heterocycles. The highest BCUT2D eigenvalue weighted by Crippen LogP contribution is 2.25. The first-order valence-corrected chi connectivity index (χ1v) is 11.1. The topological polar surface area (TPSA) is 72.7 Å². The van der Waals surface area contributed by atoms with Gasteiger partial charge in [-0.1, -0.05) is 33.8 Å². The predicted molar refractivity (Wildman–Crippen MR) is 124 cm³/mol. The van der Waals surface area contributed by atoms with Gasteiger partial charge in [-0.05, 0) is 56.3 Å². The maximum atomic E-state index is 12.5. The number of aryl methyl sites for hydroxylation is 3. The molecule has 0 bridgehead atoms. The Bertz CT molecular complexity index is 1230. The monoisotopic (exact) mass is 481 g/mol. The van der Waals surface area contributed by atoms with Crippen molar-refractivity contribution in [1.82, 2.24) is 19.5 Å². The molecule has 0 atom stereocenters. The fraction of sp³-hybridized carbons (Fsp3) is 0.182. The summed E-state index contributed by atoms with van der Waals surface area (Å²) in [6.07, 6.45) is 0. The zero-order valence-electron chi connectivity index (χ0n) is 16.8. The van der Waals surface area contributed by atoms with Crippen molar-refractivity contribution in [3.05, 3.63) is 75.8 Å². The van der Waals surface area contributed by atoms with Crippen molar-refractivity contribution in [2.24, 2.45) is 7.05 Å². The van der Waals surface area contributed by atoms with Crippen LogP contribution < -0.4 is 5.32 Å². The highest BCUT2D eigenvalue weighted by molar-refractivity contribution is 9.10. The lowest BCUT2D eigenvalue weighted by atomic mass is 10.2. The quantitative estimate of drug-likeness (QED) is 0.309. The van der Waals surface area contributed by atoms with Gasteiger partial charge in [-0.3, -0.25) is 4.79 Å². The summed E-state index contributed by atoms with van der Waals surface area (Å²) in [6, 6.07) is 15.0. The van der Waals surface area contributed by atoms with Crippen LogP contribution in [-0.2, 0) is 12.8 Å².